The average molecular weight is 2630 g/mol. The minimum absolute atomic E-state index is 0. The summed E-state index contributed by atoms with van der Waals surface area (Å²) >= 11 is 46.7. The molecule has 0 amide bonds. The Kier molecular flexibility index (Phi) is 68.2. The molecule has 10 aromatic heterocycles. The zero-order valence-corrected chi connectivity index (χ0v) is 99.7. The van der Waals surface area contributed by atoms with Gasteiger partial charge in [0.25, 0.3) is 0 Å². The average Bonchev–Trinajstić information content (AvgIpc) is 1.56. The number of ether oxygens (including phenoxy) is 2. The van der Waals surface area contributed by atoms with Crippen LogP contribution < -0.4 is 50.3 Å². The van der Waals surface area contributed by atoms with Crippen molar-refractivity contribution in [3.63, 3.8) is 0 Å². The summed E-state index contributed by atoms with van der Waals surface area (Å²) in [4.78, 5) is 116. The standard InChI is InChI=1S/C20H20ClN3O2.C19H18ClN3O2.C16H18NO2.C4H2Cl2N2.C4H2ClIN2.C4H3ClN2O.2C4H4N2O.3C4H9.CH4.Ba.Cl3OP.ClH.HI.Na.H2O4S.3H2O.Sn/c1-24-16-9-13(20(25)26-2)7-8-15(16)17(12-5-3-4-6-12)18(24)19-22-10-14(21)11-23-19;1-23-15-8-12(19(24)25)6-7-14(15)16(11-4-2-3-5-11)17(23)18-21-9-13(20)10-22-18;1-17-10-14(11-5-3-4-6-11)13-8-7-12(9-15(13)17)16(18)19-2;2*5-3-1-7-4(6)8-2-3;5-3-1-6-4(8)7-2-3;2*7-4-5-2-1-3-6-4;3*1-3-4-2;;;1-5(2,3)4;;;;1-5(2,3)4;;;;/h7-12H,3-6H2,1-2H3;6-11H,2-5H2,1H3,(H,24,25);7-9,11H,3-6H2,1-2H3;2*1-2H;1-2H,(H,6,7,8);2*1-3H,(H,5,6,7);3*1,3-4H2,2H3;1H4;;;2*1H;;(H2,1,2,3,4);3*1H2;/q;;;;;;;;;;;;+2;;;;+1;;;;;/p-3. The first kappa shape index (κ1) is 136. The van der Waals surface area contributed by atoms with Crippen LogP contribution in [0.5, 0.6) is 0 Å². The van der Waals surface area contributed by atoms with Gasteiger partial charge in [0.15, 0.2) is 15.5 Å². The Labute approximate surface area is 953 Å². The van der Waals surface area contributed by atoms with E-state index in [2.05, 4.69) is 153 Å². The van der Waals surface area contributed by atoms with E-state index >= 15 is 0 Å². The number of halogens is 12. The summed E-state index contributed by atoms with van der Waals surface area (Å²) in [6, 6.07) is 20.7. The van der Waals surface area contributed by atoms with Gasteiger partial charge in [0, 0.05) is 114 Å². The number of carbonyl (C=O) groups is 3. The van der Waals surface area contributed by atoms with E-state index in [0.717, 1.165) is 46.0 Å². The SMILES string of the molecule is C.CCC[CH2][Sn]([CH2]CCC)([CH2]CCC)[c]1c(C2CCCC2)c2ccc(C(=O)OC)cc2n1C.COC(=O)c1ccc2c(C3CCCC3)c(-c3ncc(Cl)cn3)n(C)c2c1.Cl.Clc1cnc(Cl)nc1.Clc1cnc(I)nc1.Cn1c(-c2ncc(Cl)cn2)c(C2CCCC2)c2ccc(C(=O)O)cc21.I.O=P(Cl)(Cl)Cl.O=S(=O)(O)O.O=c1ncc(Cl)c[nH]1.O=c1nccc[nH]1.O=c1nccc[nH]1.[Ba+2].[Na+].[OH-].[OH-].[OH-]. The maximum absolute atomic E-state index is 12.3. The summed E-state index contributed by atoms with van der Waals surface area (Å²) in [5.74, 6) is 1.45. The van der Waals surface area contributed by atoms with Crippen molar-refractivity contribution in [2.75, 3.05) is 14.2 Å². The third-order valence-electron chi connectivity index (χ3n) is 21.3. The maximum Gasteiger partial charge on any atom is 2.00 e. The molecule has 750 valence electrons. The molecule has 3 aliphatic rings. The number of aryl methyl sites for hydroxylation is 3. The van der Waals surface area contributed by atoms with Crippen LogP contribution in [0.25, 0.3) is 55.7 Å². The number of esters is 2. The largest absolute Gasteiger partial charge is 2.00 e. The van der Waals surface area contributed by atoms with Crippen LogP contribution in [0.15, 0.2) is 168 Å². The number of carboxylic acids is 1. The third-order valence-corrected chi connectivity index (χ3v) is 38.8. The number of nitrogens with one attached hydrogen (secondary N) is 3. The predicted molar refractivity (Wildman–Crippen MR) is 570 cm³/mol. The normalized spacial score (nSPS) is 12.3. The number of aromatic carboxylic acids is 1. The number of methoxy groups -OCH3 is 2. The minimum Gasteiger partial charge on any atom is -0.870 e. The number of hydrogen-bond acceptors (Lipinski definition) is 25. The van der Waals surface area contributed by atoms with Crippen molar-refractivity contribution in [2.45, 2.75) is 175 Å². The molecule has 0 atom stereocenters. The first-order valence-corrected chi connectivity index (χ1v) is 58.1. The van der Waals surface area contributed by atoms with E-state index in [1.807, 2.05) is 71.6 Å². The Balaban J connectivity index is 0. The molecule has 3 aliphatic carbocycles. The smallest absolute Gasteiger partial charge is 0.870 e. The van der Waals surface area contributed by atoms with E-state index in [4.69, 9.17) is 96.6 Å². The number of unbranched alkanes of at least 4 members (excludes halogenated alkanes) is 3. The molecule has 51 heteroatoms. The first-order valence-electron chi connectivity index (χ1n) is 41.4. The monoisotopic (exact) mass is 2620 g/mol. The number of aromatic amines is 3. The molecule has 0 saturated heterocycles. The summed E-state index contributed by atoms with van der Waals surface area (Å²) in [6.45, 7) is 7.08. The molecule has 0 bridgehead atoms. The molecule has 3 fully saturated rings. The molecule has 3 aromatic carbocycles. The summed E-state index contributed by atoms with van der Waals surface area (Å²) in [6.07, 6.45) is 44.0. The molecule has 13 aromatic rings. The van der Waals surface area contributed by atoms with Gasteiger partial charge in [-0.1, -0.05) is 103 Å². The zero-order chi connectivity index (χ0) is 96.1. The number of fused-ring (bicyclic) bond motifs is 3. The number of benzene rings is 3. The fraction of sp³-hybridized carbons (Fsp3) is 0.375. The number of rotatable bonds is 18. The molecular formula is C88H109BaCl10I2N17NaO17PSSn. The molecule has 9 N–H and O–H groups in total. The van der Waals surface area contributed by atoms with E-state index in [9.17, 15) is 38.4 Å². The summed E-state index contributed by atoms with van der Waals surface area (Å²) in [7, 11) is 4.46. The van der Waals surface area contributed by atoms with E-state index < -0.39 is 39.9 Å². The van der Waals surface area contributed by atoms with Crippen molar-refractivity contribution in [3.05, 3.63) is 253 Å². The molecule has 0 radical (unpaired) electrons. The number of aromatic nitrogens is 17. The van der Waals surface area contributed by atoms with Crippen LogP contribution >= 0.6 is 168 Å². The maximum atomic E-state index is 12.3. The Bertz CT molecular complexity index is 6040. The molecule has 10 heterocycles. The third kappa shape index (κ3) is 44.9. The molecule has 3 saturated carbocycles. The quantitative estimate of drug-likeness (QED) is 0.0116. The molecule has 16 rings (SSSR count). The van der Waals surface area contributed by atoms with E-state index in [-0.39, 0.29) is 179 Å². The molecule has 0 aliphatic heterocycles. The van der Waals surface area contributed by atoms with Gasteiger partial charge in [0.2, 0.25) is 5.28 Å². The summed E-state index contributed by atoms with van der Waals surface area (Å²) < 4.78 is 64.7. The van der Waals surface area contributed by atoms with Crippen molar-refractivity contribution in [1.29, 1.82) is 0 Å². The van der Waals surface area contributed by atoms with Gasteiger partial charge in [-0.3, -0.25) is 13.7 Å². The molecule has 34 nitrogen and oxygen atoms in total. The predicted octanol–water partition coefficient (Wildman–Crippen LogP) is 20.5. The van der Waals surface area contributed by atoms with Crippen LogP contribution in [0.4, 0.5) is 0 Å². The van der Waals surface area contributed by atoms with Gasteiger partial charge in [-0.15, -0.1) is 36.4 Å². The second-order valence-electron chi connectivity index (χ2n) is 30.0. The van der Waals surface area contributed by atoms with Gasteiger partial charge in [-0.25, -0.2) is 78.8 Å². The van der Waals surface area contributed by atoms with Gasteiger partial charge in [-0.05, 0) is 130 Å². The van der Waals surface area contributed by atoms with Crippen molar-refractivity contribution in [1.82, 2.24) is 83.5 Å². The Hall–Kier alpha value is -4.64. The van der Waals surface area contributed by atoms with Gasteiger partial charge in [-0.2, -0.15) is 8.42 Å². The summed E-state index contributed by atoms with van der Waals surface area (Å²) in [5.41, 5.74) is 9.85. The van der Waals surface area contributed by atoms with Gasteiger partial charge >= 0.3 is 324 Å². The van der Waals surface area contributed by atoms with Gasteiger partial charge in [0.1, 0.15) is 0 Å². The van der Waals surface area contributed by atoms with Gasteiger partial charge < -0.3 is 50.4 Å². The van der Waals surface area contributed by atoms with Crippen molar-refractivity contribution in [3.8, 4) is 23.0 Å². The van der Waals surface area contributed by atoms with Crippen LogP contribution in [0.2, 0.25) is 43.7 Å². The fourth-order valence-corrected chi connectivity index (χ4v) is 34.6. The Morgan fingerprint density at radius 1 is 0.496 bits per heavy atom. The van der Waals surface area contributed by atoms with E-state index in [1.54, 1.807) is 70.7 Å². The number of hydrogen-bond donors (Lipinski definition) is 6. The number of carbonyl (C=O) groups excluding carboxylic acids is 2. The molecule has 0 spiro atoms. The van der Waals surface area contributed by atoms with E-state index in [0.29, 0.717) is 69.5 Å². The van der Waals surface area contributed by atoms with Crippen molar-refractivity contribution < 1.29 is 97.0 Å². The second-order valence-corrected chi connectivity index (χ2v) is 54.0. The van der Waals surface area contributed by atoms with Crippen molar-refractivity contribution >= 4 is 299 Å². The van der Waals surface area contributed by atoms with Crippen LogP contribution in [-0.2, 0) is 45.6 Å². The second kappa shape index (κ2) is 69.5. The van der Waals surface area contributed by atoms with Crippen LogP contribution in [-0.4, -0.2) is 222 Å². The minimum atomic E-state index is -4.67. The first-order chi connectivity index (χ1) is 62.3. The van der Waals surface area contributed by atoms with Crippen LogP contribution in [0, 0.1) is 3.83 Å². The number of carboxylic acid groups (broad SMARTS) is 1. The van der Waals surface area contributed by atoms with Crippen LogP contribution in [0.3, 0.4) is 0 Å². The zero-order valence-electron chi connectivity index (χ0n) is 76.6. The van der Waals surface area contributed by atoms with Gasteiger partial charge in [0.05, 0.1) is 85.7 Å². The molecular weight excluding hydrogens is 2520 g/mol. The van der Waals surface area contributed by atoms with Crippen molar-refractivity contribution in [2.24, 2.45) is 21.1 Å². The van der Waals surface area contributed by atoms with Crippen LogP contribution in [0.1, 0.15) is 209 Å². The Morgan fingerprint density at radius 3 is 1.06 bits per heavy atom. The van der Waals surface area contributed by atoms with E-state index in [1.165, 1.54) is 202 Å². The Morgan fingerprint density at radius 2 is 0.791 bits per heavy atom. The number of H-pyrrole nitrogens is 3. The molecule has 139 heavy (non-hydrogen) atoms. The molecule has 0 unspecified atom stereocenters. The number of nitrogens with zero attached hydrogens (tertiary/aromatic N) is 14. The topological polar surface area (TPSA) is 527 Å². The summed E-state index contributed by atoms with van der Waals surface area (Å²) in [5, 5.41) is 12.5. The fourth-order valence-electron chi connectivity index (χ4n) is 15.8.